The molecule has 0 amide bonds. The van der Waals surface area contributed by atoms with E-state index < -0.39 is 15.8 Å². The first kappa shape index (κ1) is 15.7. The van der Waals surface area contributed by atoms with Crippen molar-refractivity contribution in [2.24, 2.45) is 0 Å². The van der Waals surface area contributed by atoms with E-state index in [2.05, 4.69) is 0 Å². The Balaban J connectivity index is 2.29. The van der Waals surface area contributed by atoms with Gasteiger partial charge in [0.2, 0.25) is 10.0 Å². The maximum absolute atomic E-state index is 13.1. The zero-order chi connectivity index (χ0) is 14.8. The summed E-state index contributed by atoms with van der Waals surface area (Å²) in [6, 6.07) is 3.83. The molecule has 1 saturated heterocycles. The summed E-state index contributed by atoms with van der Waals surface area (Å²) < 4.78 is 40.1. The lowest BCUT2D eigenvalue weighted by Gasteiger charge is -2.24. The predicted molar refractivity (Wildman–Crippen MR) is 78.0 cm³/mol. The third-order valence-corrected chi connectivity index (χ3v) is 6.10. The lowest BCUT2D eigenvalue weighted by molar-refractivity contribution is 0.368. The van der Waals surface area contributed by atoms with Crippen molar-refractivity contribution in [3.05, 3.63) is 29.6 Å². The monoisotopic (exact) mass is 319 g/mol. The summed E-state index contributed by atoms with van der Waals surface area (Å²) in [7, 11) is -3.54. The van der Waals surface area contributed by atoms with Crippen LogP contribution >= 0.6 is 11.6 Å². The Kier molecular flexibility index (Phi) is 5.04. The van der Waals surface area contributed by atoms with E-state index in [1.807, 2.05) is 0 Å². The number of halogens is 2. The fraction of sp³-hybridized carbons (Fsp3) is 0.571. The molecule has 6 heteroatoms. The van der Waals surface area contributed by atoms with Crippen LogP contribution in [0.5, 0.6) is 0 Å². The Hall–Kier alpha value is -0.650. The van der Waals surface area contributed by atoms with Gasteiger partial charge >= 0.3 is 0 Å². The minimum absolute atomic E-state index is 0.0169. The summed E-state index contributed by atoms with van der Waals surface area (Å²) >= 11 is 5.69. The fourth-order valence-electron chi connectivity index (χ4n) is 2.76. The van der Waals surface area contributed by atoms with Crippen molar-refractivity contribution in [1.29, 1.82) is 0 Å². The highest BCUT2D eigenvalue weighted by Gasteiger charge is 2.35. The number of aryl methyl sites for hydroxylation is 1. The highest BCUT2D eigenvalue weighted by Crippen LogP contribution is 2.30. The molecule has 1 aromatic carbocycles. The number of hydrogen-bond acceptors (Lipinski definition) is 2. The van der Waals surface area contributed by atoms with Crippen LogP contribution in [0.1, 0.15) is 31.2 Å². The summed E-state index contributed by atoms with van der Waals surface area (Å²) in [5.41, 5.74) is 0.452. The molecule has 1 aliphatic heterocycles. The van der Waals surface area contributed by atoms with Gasteiger partial charge in [0.1, 0.15) is 5.82 Å². The zero-order valence-corrected chi connectivity index (χ0v) is 13.1. The normalized spacial score (nSPS) is 20.4. The van der Waals surface area contributed by atoms with Crippen LogP contribution in [0, 0.1) is 12.7 Å². The molecule has 0 aliphatic carbocycles. The molecule has 1 aromatic rings. The van der Waals surface area contributed by atoms with Crippen molar-refractivity contribution in [3.8, 4) is 0 Å². The van der Waals surface area contributed by atoms with Crippen molar-refractivity contribution in [3.63, 3.8) is 0 Å². The first-order valence-corrected chi connectivity index (χ1v) is 8.78. The topological polar surface area (TPSA) is 37.4 Å². The van der Waals surface area contributed by atoms with Crippen LogP contribution in [0.25, 0.3) is 0 Å². The Morgan fingerprint density at radius 2 is 2.20 bits per heavy atom. The van der Waals surface area contributed by atoms with E-state index in [-0.39, 0.29) is 10.9 Å². The molecule has 0 spiro atoms. The highest BCUT2D eigenvalue weighted by molar-refractivity contribution is 7.89. The Morgan fingerprint density at radius 1 is 1.45 bits per heavy atom. The van der Waals surface area contributed by atoms with Crippen LogP contribution < -0.4 is 0 Å². The Bertz CT molecular complexity index is 577. The van der Waals surface area contributed by atoms with Gasteiger partial charge in [-0.05, 0) is 56.4 Å². The standard InChI is InChI=1S/C14H19ClFNO2S/c1-11-10-12(16)6-7-14(11)20(18,19)17-9-3-5-13(17)4-2-8-15/h6-7,10,13H,2-5,8-9H2,1H3. The number of rotatable bonds is 5. The molecule has 0 N–H and O–H groups in total. The Labute approximate surface area is 124 Å². The van der Waals surface area contributed by atoms with Crippen LogP contribution in [0.15, 0.2) is 23.1 Å². The minimum Gasteiger partial charge on any atom is -0.207 e. The summed E-state index contributed by atoms with van der Waals surface area (Å²) in [5.74, 6) is 0.126. The SMILES string of the molecule is Cc1cc(F)ccc1S(=O)(=O)N1CCCC1CCCCl. The number of hydrogen-bond donors (Lipinski definition) is 0. The second kappa shape index (κ2) is 6.41. The fourth-order valence-corrected chi connectivity index (χ4v) is 4.84. The van der Waals surface area contributed by atoms with Gasteiger partial charge in [0.15, 0.2) is 0 Å². The lowest BCUT2D eigenvalue weighted by Crippen LogP contribution is -2.35. The van der Waals surface area contributed by atoms with Gasteiger partial charge in [0.05, 0.1) is 4.90 Å². The maximum Gasteiger partial charge on any atom is 0.243 e. The van der Waals surface area contributed by atoms with Crippen LogP contribution in [0.3, 0.4) is 0 Å². The molecular weight excluding hydrogens is 301 g/mol. The summed E-state index contributed by atoms with van der Waals surface area (Å²) in [6.07, 6.45) is 3.33. The molecule has 2 rings (SSSR count). The summed E-state index contributed by atoms with van der Waals surface area (Å²) in [6.45, 7) is 2.16. The molecule has 20 heavy (non-hydrogen) atoms. The van der Waals surface area contributed by atoms with Gasteiger partial charge in [-0.2, -0.15) is 4.31 Å². The van der Waals surface area contributed by atoms with Gasteiger partial charge in [0.25, 0.3) is 0 Å². The van der Waals surface area contributed by atoms with E-state index in [0.29, 0.717) is 18.0 Å². The molecule has 0 saturated carbocycles. The quantitative estimate of drug-likeness (QED) is 0.781. The lowest BCUT2D eigenvalue weighted by atomic mass is 10.1. The number of benzene rings is 1. The smallest absolute Gasteiger partial charge is 0.207 e. The second-order valence-corrected chi connectivity index (χ2v) is 7.39. The van der Waals surface area contributed by atoms with Crippen LogP contribution in [0.4, 0.5) is 4.39 Å². The molecule has 1 fully saturated rings. The molecule has 1 aliphatic rings. The minimum atomic E-state index is -3.54. The molecule has 1 atom stereocenters. The van der Waals surface area contributed by atoms with Gasteiger partial charge < -0.3 is 0 Å². The first-order valence-electron chi connectivity index (χ1n) is 6.81. The third kappa shape index (κ3) is 3.15. The van der Waals surface area contributed by atoms with E-state index in [4.69, 9.17) is 11.6 Å². The van der Waals surface area contributed by atoms with Crippen molar-refractivity contribution in [2.45, 2.75) is 43.5 Å². The van der Waals surface area contributed by atoms with E-state index in [9.17, 15) is 12.8 Å². The van der Waals surface area contributed by atoms with Crippen molar-refractivity contribution in [2.75, 3.05) is 12.4 Å². The molecule has 0 aromatic heterocycles. The van der Waals surface area contributed by atoms with Gasteiger partial charge in [-0.3, -0.25) is 0 Å². The van der Waals surface area contributed by atoms with Gasteiger partial charge in [-0.15, -0.1) is 11.6 Å². The highest BCUT2D eigenvalue weighted by atomic mass is 35.5. The average Bonchev–Trinajstić information content (AvgIpc) is 2.84. The first-order chi connectivity index (χ1) is 9.46. The second-order valence-electron chi connectivity index (χ2n) is 5.15. The van der Waals surface area contributed by atoms with Gasteiger partial charge in [-0.1, -0.05) is 0 Å². The molecule has 0 bridgehead atoms. The Morgan fingerprint density at radius 3 is 2.85 bits per heavy atom. The van der Waals surface area contributed by atoms with E-state index in [0.717, 1.165) is 25.7 Å². The number of nitrogens with zero attached hydrogens (tertiary/aromatic N) is 1. The van der Waals surface area contributed by atoms with Crippen LogP contribution in [0.2, 0.25) is 0 Å². The molecule has 0 radical (unpaired) electrons. The summed E-state index contributed by atoms with van der Waals surface area (Å²) in [5, 5.41) is 0. The molecule has 1 unspecified atom stereocenters. The van der Waals surface area contributed by atoms with Crippen molar-refractivity contribution in [1.82, 2.24) is 4.31 Å². The van der Waals surface area contributed by atoms with Gasteiger partial charge in [0, 0.05) is 18.5 Å². The predicted octanol–water partition coefficient (Wildman–Crippen LogP) is 3.31. The average molecular weight is 320 g/mol. The molecular formula is C14H19ClFNO2S. The van der Waals surface area contributed by atoms with Crippen molar-refractivity contribution >= 4 is 21.6 Å². The van der Waals surface area contributed by atoms with E-state index in [1.54, 1.807) is 11.2 Å². The number of alkyl halides is 1. The molecule has 1 heterocycles. The number of sulfonamides is 1. The summed E-state index contributed by atoms with van der Waals surface area (Å²) in [4.78, 5) is 0.205. The van der Waals surface area contributed by atoms with E-state index >= 15 is 0 Å². The molecule has 3 nitrogen and oxygen atoms in total. The van der Waals surface area contributed by atoms with Crippen LogP contribution in [-0.4, -0.2) is 31.2 Å². The van der Waals surface area contributed by atoms with Gasteiger partial charge in [-0.25, -0.2) is 12.8 Å². The van der Waals surface area contributed by atoms with Crippen molar-refractivity contribution < 1.29 is 12.8 Å². The maximum atomic E-state index is 13.1. The van der Waals surface area contributed by atoms with Crippen LogP contribution in [-0.2, 0) is 10.0 Å². The van der Waals surface area contributed by atoms with E-state index in [1.165, 1.54) is 18.2 Å². The largest absolute Gasteiger partial charge is 0.243 e. The zero-order valence-electron chi connectivity index (χ0n) is 11.5. The molecule has 112 valence electrons. The third-order valence-electron chi connectivity index (χ3n) is 3.72.